The summed E-state index contributed by atoms with van der Waals surface area (Å²) in [5.74, 6) is 0.435. The van der Waals surface area contributed by atoms with E-state index < -0.39 is 11.5 Å². The molecule has 0 aliphatic heterocycles. The van der Waals surface area contributed by atoms with E-state index in [4.69, 9.17) is 21.1 Å². The van der Waals surface area contributed by atoms with Gasteiger partial charge in [-0.25, -0.2) is 4.39 Å². The van der Waals surface area contributed by atoms with Crippen molar-refractivity contribution in [2.75, 3.05) is 20.3 Å². The van der Waals surface area contributed by atoms with Crippen molar-refractivity contribution >= 4 is 23.4 Å². The van der Waals surface area contributed by atoms with E-state index >= 15 is 0 Å². The fraction of sp³-hybridized carbons (Fsp3) is 0.909. The van der Waals surface area contributed by atoms with Crippen LogP contribution in [-0.4, -0.2) is 61.4 Å². The van der Waals surface area contributed by atoms with Crippen LogP contribution in [0.25, 0.3) is 0 Å². The molecule has 2 bridgehead atoms. The van der Waals surface area contributed by atoms with E-state index in [0.717, 1.165) is 25.7 Å². The number of hydrogen-bond donors (Lipinski definition) is 2. The zero-order valence-corrected chi connectivity index (χ0v) is 18.5. The van der Waals surface area contributed by atoms with Gasteiger partial charge in [0.1, 0.15) is 12.8 Å². The van der Waals surface area contributed by atoms with Crippen LogP contribution in [0.2, 0.25) is 0 Å². The van der Waals surface area contributed by atoms with Crippen LogP contribution in [0.3, 0.4) is 0 Å². The van der Waals surface area contributed by atoms with Crippen LogP contribution in [0.4, 0.5) is 4.39 Å². The van der Waals surface area contributed by atoms with Gasteiger partial charge in [-0.05, 0) is 57.3 Å². The Morgan fingerprint density at radius 2 is 1.87 bits per heavy atom. The maximum absolute atomic E-state index is 13.7. The number of nitrogens with one attached hydrogen (secondary N) is 2. The third-order valence-corrected chi connectivity index (χ3v) is 8.12. The number of halogens is 2. The summed E-state index contributed by atoms with van der Waals surface area (Å²) in [5, 5.41) is 5.74. The fourth-order valence-electron chi connectivity index (χ4n) is 5.95. The van der Waals surface area contributed by atoms with E-state index in [1.54, 1.807) is 7.11 Å². The first-order chi connectivity index (χ1) is 14.3. The van der Waals surface area contributed by atoms with Crippen LogP contribution < -0.4 is 10.6 Å². The average Bonchev–Trinajstić information content (AvgIpc) is 2.68. The van der Waals surface area contributed by atoms with Crippen molar-refractivity contribution in [1.82, 2.24) is 10.6 Å². The summed E-state index contributed by atoms with van der Waals surface area (Å²) in [6.07, 6.45) is 7.03. The Bertz CT molecular complexity index is 643. The lowest BCUT2D eigenvalue weighted by molar-refractivity contribution is -0.185. The first kappa shape index (κ1) is 22.3. The summed E-state index contributed by atoms with van der Waals surface area (Å²) in [4.78, 5) is 24.9. The molecule has 5 saturated carbocycles. The van der Waals surface area contributed by atoms with E-state index in [0.29, 0.717) is 50.7 Å². The van der Waals surface area contributed by atoms with Gasteiger partial charge < -0.3 is 20.1 Å². The van der Waals surface area contributed by atoms with Crippen LogP contribution >= 0.6 is 11.6 Å². The molecule has 5 aliphatic carbocycles. The molecule has 5 unspecified atom stereocenters. The molecule has 0 aromatic rings. The minimum Gasteiger partial charge on any atom is -0.381 e. The van der Waals surface area contributed by atoms with E-state index in [1.807, 2.05) is 0 Å². The van der Waals surface area contributed by atoms with Gasteiger partial charge in [0.25, 0.3) is 0 Å². The second kappa shape index (κ2) is 8.91. The van der Waals surface area contributed by atoms with Crippen molar-refractivity contribution in [1.29, 1.82) is 0 Å². The van der Waals surface area contributed by atoms with Gasteiger partial charge in [0.05, 0.1) is 23.0 Å². The van der Waals surface area contributed by atoms with E-state index in [1.165, 1.54) is 0 Å². The van der Waals surface area contributed by atoms with Crippen molar-refractivity contribution in [2.24, 2.45) is 11.3 Å². The van der Waals surface area contributed by atoms with E-state index in [9.17, 15) is 14.0 Å². The van der Waals surface area contributed by atoms with Gasteiger partial charge in [-0.3, -0.25) is 9.59 Å². The van der Waals surface area contributed by atoms with Crippen LogP contribution in [0, 0.1) is 11.3 Å². The zero-order chi connectivity index (χ0) is 21.4. The molecule has 5 aliphatic rings. The molecule has 2 N–H and O–H groups in total. The van der Waals surface area contributed by atoms with Crippen LogP contribution in [0.1, 0.15) is 64.2 Å². The first-order valence-corrected chi connectivity index (χ1v) is 11.8. The minimum atomic E-state index is -1.07. The Balaban J connectivity index is 1.13. The molecule has 0 spiro atoms. The molecule has 5 rings (SSSR count). The predicted octanol–water partition coefficient (Wildman–Crippen LogP) is 2.86. The number of rotatable bonds is 8. The Labute approximate surface area is 182 Å². The highest BCUT2D eigenvalue weighted by molar-refractivity contribution is 6.21. The zero-order valence-electron chi connectivity index (χ0n) is 17.8. The molecule has 30 heavy (non-hydrogen) atoms. The lowest BCUT2D eigenvalue weighted by Gasteiger charge is -2.69. The molecular formula is C22H34ClFN2O4. The molecular weight excluding hydrogens is 411 g/mol. The minimum absolute atomic E-state index is 0.0619. The van der Waals surface area contributed by atoms with Gasteiger partial charge in [-0.2, -0.15) is 0 Å². The summed E-state index contributed by atoms with van der Waals surface area (Å²) in [7, 11) is 1.76. The summed E-state index contributed by atoms with van der Waals surface area (Å²) in [6, 6.07) is 0. The van der Waals surface area contributed by atoms with Crippen LogP contribution in [0.15, 0.2) is 0 Å². The standard InChI is InChI=1S/C22H34ClFN2O4/c1-29-15-4-2-3-14(7-15)9-25-20(28)21-11-22(12-21,13-21)26-19(27)10-30-16-5-6-17(23)18(24)8-16/h14-18H,2-13H2,1H3,(H,25,28)(H,26,27). The summed E-state index contributed by atoms with van der Waals surface area (Å²) < 4.78 is 24.7. The lowest BCUT2D eigenvalue weighted by atomic mass is 9.39. The third kappa shape index (κ3) is 4.63. The highest BCUT2D eigenvalue weighted by Gasteiger charge is 2.72. The number of hydrogen-bond acceptors (Lipinski definition) is 4. The maximum atomic E-state index is 13.7. The van der Waals surface area contributed by atoms with Crippen molar-refractivity contribution in [3.63, 3.8) is 0 Å². The molecule has 170 valence electrons. The van der Waals surface area contributed by atoms with Crippen molar-refractivity contribution in [2.45, 2.75) is 93.5 Å². The average molecular weight is 445 g/mol. The number of alkyl halides is 2. The first-order valence-electron chi connectivity index (χ1n) is 11.3. The molecule has 0 aromatic heterocycles. The van der Waals surface area contributed by atoms with E-state index in [-0.39, 0.29) is 41.9 Å². The highest BCUT2D eigenvalue weighted by Crippen LogP contribution is 2.67. The predicted molar refractivity (Wildman–Crippen MR) is 111 cm³/mol. The second-order valence-corrected chi connectivity index (χ2v) is 10.6. The molecule has 2 amide bonds. The number of carbonyl (C=O) groups excluding carboxylic acids is 2. The van der Waals surface area contributed by atoms with Gasteiger partial charge in [0, 0.05) is 25.6 Å². The quantitative estimate of drug-likeness (QED) is 0.564. The summed E-state index contributed by atoms with van der Waals surface area (Å²) in [5.41, 5.74) is -0.552. The Kier molecular flexibility index (Phi) is 6.62. The molecule has 5 atom stereocenters. The molecule has 0 heterocycles. The van der Waals surface area contributed by atoms with Gasteiger partial charge in [0.15, 0.2) is 0 Å². The van der Waals surface area contributed by atoms with Gasteiger partial charge in [0.2, 0.25) is 11.8 Å². The lowest BCUT2D eigenvalue weighted by Crippen LogP contribution is -2.78. The number of ether oxygens (including phenoxy) is 2. The second-order valence-electron chi connectivity index (χ2n) is 10.0. The summed E-state index contributed by atoms with van der Waals surface area (Å²) >= 11 is 5.88. The van der Waals surface area contributed by atoms with Crippen LogP contribution in [-0.2, 0) is 19.1 Å². The number of methoxy groups -OCH3 is 1. The number of carbonyl (C=O) groups is 2. The molecule has 0 aromatic carbocycles. The van der Waals surface area contributed by atoms with Crippen molar-refractivity contribution in [3.8, 4) is 0 Å². The van der Waals surface area contributed by atoms with Crippen molar-refractivity contribution in [3.05, 3.63) is 0 Å². The van der Waals surface area contributed by atoms with Crippen molar-refractivity contribution < 1.29 is 23.5 Å². The van der Waals surface area contributed by atoms with Gasteiger partial charge in [-0.1, -0.05) is 6.42 Å². The summed E-state index contributed by atoms with van der Waals surface area (Å²) in [6.45, 7) is 0.654. The monoisotopic (exact) mass is 444 g/mol. The smallest absolute Gasteiger partial charge is 0.246 e. The largest absolute Gasteiger partial charge is 0.381 e. The van der Waals surface area contributed by atoms with Gasteiger partial charge in [-0.15, -0.1) is 11.6 Å². The Morgan fingerprint density at radius 3 is 2.57 bits per heavy atom. The topological polar surface area (TPSA) is 76.7 Å². The third-order valence-electron chi connectivity index (χ3n) is 7.63. The SMILES string of the molecule is COC1CCCC(CNC(=O)C23CC(NC(=O)COC4CCC(Cl)C(F)C4)(C2)C3)C1. The fourth-order valence-corrected chi connectivity index (χ4v) is 6.18. The molecule has 0 radical (unpaired) electrons. The van der Waals surface area contributed by atoms with Crippen LogP contribution in [0.5, 0.6) is 0 Å². The molecule has 6 nitrogen and oxygen atoms in total. The molecule has 5 fully saturated rings. The number of amides is 2. The molecule has 8 heteroatoms. The van der Waals surface area contributed by atoms with Gasteiger partial charge >= 0.3 is 0 Å². The normalized spacial score (nSPS) is 42.6. The maximum Gasteiger partial charge on any atom is 0.246 e. The Hall–Kier alpha value is -0.920. The highest BCUT2D eigenvalue weighted by atomic mass is 35.5. The molecule has 0 saturated heterocycles. The Morgan fingerprint density at radius 1 is 1.10 bits per heavy atom. The van der Waals surface area contributed by atoms with E-state index in [2.05, 4.69) is 10.6 Å².